The van der Waals surface area contributed by atoms with Crippen molar-refractivity contribution in [3.05, 3.63) is 57.0 Å². The van der Waals surface area contributed by atoms with Crippen LogP contribution in [0.3, 0.4) is 0 Å². The third-order valence-corrected chi connectivity index (χ3v) is 5.36. The Bertz CT molecular complexity index is 940. The minimum atomic E-state index is -0.117. The number of aromatic nitrogens is 3. The summed E-state index contributed by atoms with van der Waals surface area (Å²) in [5.74, 6) is 0.982. The molecule has 0 saturated carbocycles. The Labute approximate surface area is 149 Å². The van der Waals surface area contributed by atoms with Gasteiger partial charge in [0.15, 0.2) is 0 Å². The van der Waals surface area contributed by atoms with Gasteiger partial charge in [-0.15, -0.1) is 0 Å². The van der Waals surface area contributed by atoms with E-state index >= 15 is 0 Å². The summed E-state index contributed by atoms with van der Waals surface area (Å²) in [6, 6.07) is 9.74. The number of likely N-dealkylation sites (N-methyl/N-ethyl adjacent to an activating group) is 1. The van der Waals surface area contributed by atoms with E-state index in [4.69, 9.17) is 4.74 Å². The van der Waals surface area contributed by atoms with E-state index in [1.807, 2.05) is 32.2 Å². The summed E-state index contributed by atoms with van der Waals surface area (Å²) in [5, 5.41) is 5.21. The predicted molar refractivity (Wildman–Crippen MR) is 97.4 cm³/mol. The summed E-state index contributed by atoms with van der Waals surface area (Å²) in [6.07, 6.45) is 1.87. The lowest BCUT2D eigenvalue weighted by atomic mass is 10.1. The monoisotopic (exact) mass is 356 g/mol. The van der Waals surface area contributed by atoms with E-state index in [0.717, 1.165) is 35.8 Å². The first-order chi connectivity index (χ1) is 12.1. The number of para-hydroxylation sites is 1. The number of rotatable bonds is 5. The maximum atomic E-state index is 12.2. The molecule has 0 radical (unpaired) electrons. The van der Waals surface area contributed by atoms with E-state index in [9.17, 15) is 4.79 Å². The van der Waals surface area contributed by atoms with Crippen molar-refractivity contribution in [2.45, 2.75) is 32.4 Å². The van der Waals surface area contributed by atoms with Crippen LogP contribution >= 0.6 is 11.3 Å². The normalized spacial score (nSPS) is 16.4. The Morgan fingerprint density at radius 1 is 1.40 bits per heavy atom. The van der Waals surface area contributed by atoms with E-state index < -0.39 is 0 Å². The molecule has 1 unspecified atom stereocenters. The van der Waals surface area contributed by atoms with Crippen LogP contribution in [-0.4, -0.2) is 39.2 Å². The maximum absolute atomic E-state index is 12.2. The largest absolute Gasteiger partial charge is 0.488 e. The number of fused-ring (bicyclic) bond motifs is 2. The van der Waals surface area contributed by atoms with Gasteiger partial charge in [0, 0.05) is 25.6 Å². The van der Waals surface area contributed by atoms with Gasteiger partial charge >= 0.3 is 0 Å². The van der Waals surface area contributed by atoms with E-state index in [-0.39, 0.29) is 11.7 Å². The van der Waals surface area contributed by atoms with Gasteiger partial charge in [-0.25, -0.2) is 4.98 Å². The molecule has 1 aliphatic heterocycles. The molecule has 130 valence electrons. The first-order valence-corrected chi connectivity index (χ1v) is 9.26. The molecule has 0 N–H and O–H groups in total. The van der Waals surface area contributed by atoms with Crippen LogP contribution in [0.15, 0.2) is 35.1 Å². The SMILES string of the molecule is CCc1nn2c(=O)cc(CN(C)CC3Cc4ccccc4O3)nc2s1. The number of hydrogen-bond donors (Lipinski definition) is 0. The van der Waals surface area contributed by atoms with Crippen LogP contribution in [0.5, 0.6) is 5.75 Å². The lowest BCUT2D eigenvalue weighted by Crippen LogP contribution is -2.32. The van der Waals surface area contributed by atoms with Crippen LogP contribution < -0.4 is 10.3 Å². The fraction of sp³-hybridized carbons (Fsp3) is 0.389. The maximum Gasteiger partial charge on any atom is 0.275 e. The molecular formula is C18H20N4O2S. The highest BCUT2D eigenvalue weighted by atomic mass is 32.1. The van der Waals surface area contributed by atoms with Gasteiger partial charge < -0.3 is 4.74 Å². The Hall–Kier alpha value is -2.25. The highest BCUT2D eigenvalue weighted by Crippen LogP contribution is 2.28. The molecule has 1 atom stereocenters. The molecule has 6 nitrogen and oxygen atoms in total. The third-order valence-electron chi connectivity index (χ3n) is 4.30. The molecular weight excluding hydrogens is 336 g/mol. The van der Waals surface area contributed by atoms with Crippen molar-refractivity contribution in [1.82, 2.24) is 19.5 Å². The average Bonchev–Trinajstić information content (AvgIpc) is 3.17. The molecule has 0 fully saturated rings. The first kappa shape index (κ1) is 16.2. The first-order valence-electron chi connectivity index (χ1n) is 8.44. The molecule has 25 heavy (non-hydrogen) atoms. The molecule has 4 rings (SSSR count). The molecule has 1 aromatic carbocycles. The third kappa shape index (κ3) is 3.29. The molecule has 3 heterocycles. The molecule has 0 amide bonds. The fourth-order valence-electron chi connectivity index (χ4n) is 3.16. The molecule has 0 aliphatic carbocycles. The molecule has 0 spiro atoms. The van der Waals surface area contributed by atoms with Crippen LogP contribution in [0.25, 0.3) is 4.96 Å². The van der Waals surface area contributed by atoms with Crippen molar-refractivity contribution >= 4 is 16.3 Å². The van der Waals surface area contributed by atoms with Crippen LogP contribution in [0.2, 0.25) is 0 Å². The van der Waals surface area contributed by atoms with Gasteiger partial charge in [0.2, 0.25) is 4.96 Å². The molecule has 3 aromatic rings. The molecule has 1 aliphatic rings. The summed E-state index contributed by atoms with van der Waals surface area (Å²) in [7, 11) is 2.03. The van der Waals surface area contributed by atoms with Gasteiger partial charge in [-0.05, 0) is 25.1 Å². The van der Waals surface area contributed by atoms with E-state index in [1.165, 1.54) is 21.4 Å². The summed E-state index contributed by atoms with van der Waals surface area (Å²) in [4.78, 5) is 19.6. The van der Waals surface area contributed by atoms with Crippen molar-refractivity contribution < 1.29 is 4.74 Å². The summed E-state index contributed by atoms with van der Waals surface area (Å²) < 4.78 is 7.38. The highest BCUT2D eigenvalue weighted by Gasteiger charge is 2.23. The predicted octanol–water partition coefficient (Wildman–Crippen LogP) is 2.15. The van der Waals surface area contributed by atoms with E-state index in [1.54, 1.807) is 6.07 Å². The van der Waals surface area contributed by atoms with E-state index in [0.29, 0.717) is 11.5 Å². The number of nitrogens with zero attached hydrogens (tertiary/aromatic N) is 4. The molecule has 2 aromatic heterocycles. The van der Waals surface area contributed by atoms with Crippen molar-refractivity contribution in [1.29, 1.82) is 0 Å². The Balaban J connectivity index is 1.45. The highest BCUT2D eigenvalue weighted by molar-refractivity contribution is 7.16. The van der Waals surface area contributed by atoms with Gasteiger partial charge in [-0.3, -0.25) is 9.69 Å². The van der Waals surface area contributed by atoms with Gasteiger partial charge in [0.05, 0.1) is 5.69 Å². The lowest BCUT2D eigenvalue weighted by Gasteiger charge is -2.20. The summed E-state index contributed by atoms with van der Waals surface area (Å²) >= 11 is 1.47. The van der Waals surface area contributed by atoms with Gasteiger partial charge in [-0.1, -0.05) is 36.5 Å². The van der Waals surface area contributed by atoms with Crippen LogP contribution in [0, 0.1) is 0 Å². The number of aryl methyl sites for hydroxylation is 1. The van der Waals surface area contributed by atoms with Gasteiger partial charge in [-0.2, -0.15) is 9.61 Å². The quantitative estimate of drug-likeness (QED) is 0.701. The van der Waals surface area contributed by atoms with Crippen molar-refractivity contribution in [2.24, 2.45) is 0 Å². The standard InChI is InChI=1S/C18H20N4O2S/c1-3-16-20-22-17(23)9-13(19-18(22)25-16)10-21(2)11-14-8-12-6-4-5-7-15(12)24-14/h4-7,9,14H,3,8,10-11H2,1-2H3. The minimum Gasteiger partial charge on any atom is -0.488 e. The second-order valence-electron chi connectivity index (χ2n) is 6.38. The summed E-state index contributed by atoms with van der Waals surface area (Å²) in [5.41, 5.74) is 1.92. The zero-order valence-corrected chi connectivity index (χ0v) is 15.1. The van der Waals surface area contributed by atoms with Crippen molar-refractivity contribution in [3.8, 4) is 5.75 Å². The fourth-order valence-corrected chi connectivity index (χ4v) is 4.02. The summed E-state index contributed by atoms with van der Waals surface area (Å²) in [6.45, 7) is 3.43. The minimum absolute atomic E-state index is 0.117. The van der Waals surface area contributed by atoms with Gasteiger partial charge in [0.1, 0.15) is 16.9 Å². The van der Waals surface area contributed by atoms with Crippen molar-refractivity contribution in [3.63, 3.8) is 0 Å². The second-order valence-corrected chi connectivity index (χ2v) is 7.42. The lowest BCUT2D eigenvalue weighted by molar-refractivity contribution is 0.164. The Kier molecular flexibility index (Phi) is 4.27. The zero-order chi connectivity index (χ0) is 17.4. The van der Waals surface area contributed by atoms with Crippen molar-refractivity contribution in [2.75, 3.05) is 13.6 Å². The van der Waals surface area contributed by atoms with Crippen LogP contribution in [-0.2, 0) is 19.4 Å². The van der Waals surface area contributed by atoms with Gasteiger partial charge in [0.25, 0.3) is 5.56 Å². The smallest absolute Gasteiger partial charge is 0.275 e. The Morgan fingerprint density at radius 2 is 2.24 bits per heavy atom. The van der Waals surface area contributed by atoms with E-state index in [2.05, 4.69) is 21.0 Å². The number of hydrogen-bond acceptors (Lipinski definition) is 6. The molecule has 0 saturated heterocycles. The Morgan fingerprint density at radius 3 is 3.04 bits per heavy atom. The molecule has 7 heteroatoms. The van der Waals surface area contributed by atoms with Crippen LogP contribution in [0.1, 0.15) is 23.2 Å². The molecule has 0 bridgehead atoms. The second kappa shape index (κ2) is 6.57. The number of ether oxygens (including phenoxy) is 1. The topological polar surface area (TPSA) is 59.7 Å². The zero-order valence-electron chi connectivity index (χ0n) is 14.3. The van der Waals surface area contributed by atoms with Crippen LogP contribution in [0.4, 0.5) is 0 Å². The average molecular weight is 356 g/mol. The number of benzene rings is 1.